The Hall–Kier alpha value is -2.50. The van der Waals surface area contributed by atoms with Crippen molar-refractivity contribution < 1.29 is 4.79 Å². The Labute approximate surface area is 148 Å². The summed E-state index contributed by atoms with van der Waals surface area (Å²) in [5.41, 5.74) is 1.70. The van der Waals surface area contributed by atoms with Crippen LogP contribution in [-0.4, -0.2) is 52.4 Å². The number of rotatable bonds is 5. The van der Waals surface area contributed by atoms with Gasteiger partial charge in [0.15, 0.2) is 0 Å². The van der Waals surface area contributed by atoms with Gasteiger partial charge in [-0.1, -0.05) is 6.92 Å². The number of likely N-dealkylation sites (N-methyl/N-ethyl adjacent to an activating group) is 1. The second kappa shape index (κ2) is 8.05. The van der Waals surface area contributed by atoms with Crippen LogP contribution in [-0.2, 0) is 6.42 Å². The van der Waals surface area contributed by atoms with Gasteiger partial charge in [0.25, 0.3) is 5.91 Å². The number of hydrogen-bond donors (Lipinski definition) is 0. The highest BCUT2D eigenvalue weighted by Crippen LogP contribution is 2.19. The van der Waals surface area contributed by atoms with Crippen molar-refractivity contribution in [2.75, 3.05) is 31.6 Å². The molecule has 132 valence electrons. The van der Waals surface area contributed by atoms with E-state index < -0.39 is 0 Å². The van der Waals surface area contributed by atoms with Crippen molar-refractivity contribution in [3.63, 3.8) is 0 Å². The molecule has 1 amide bonds. The van der Waals surface area contributed by atoms with Crippen LogP contribution in [0.1, 0.15) is 35.7 Å². The number of pyridine rings is 1. The molecule has 1 fully saturated rings. The Morgan fingerprint density at radius 3 is 2.68 bits per heavy atom. The lowest BCUT2D eigenvalue weighted by molar-refractivity contribution is 0.0796. The van der Waals surface area contributed by atoms with Crippen molar-refractivity contribution in [1.82, 2.24) is 19.9 Å². The highest BCUT2D eigenvalue weighted by atomic mass is 16.2. The first kappa shape index (κ1) is 17.3. The standard InChI is InChI=1S/C19H25N5O/c1-15-4-3-10-24(14-15)19-21-12-17(13-22-19)18(25)23(2)11-7-16-5-8-20-9-6-16/h5-6,8-9,12-13,15H,3-4,7,10-11,14H2,1-2H3. The highest BCUT2D eigenvalue weighted by Gasteiger charge is 2.19. The minimum atomic E-state index is -0.0485. The predicted octanol–water partition coefficient (Wildman–Crippen LogP) is 2.42. The average molecular weight is 339 g/mol. The maximum Gasteiger partial charge on any atom is 0.256 e. The third-order valence-electron chi connectivity index (χ3n) is 4.66. The second-order valence-corrected chi connectivity index (χ2v) is 6.80. The maximum atomic E-state index is 12.5. The molecule has 0 aliphatic carbocycles. The van der Waals surface area contributed by atoms with E-state index in [0.717, 1.165) is 25.5 Å². The number of aromatic nitrogens is 3. The molecule has 3 heterocycles. The fourth-order valence-corrected chi connectivity index (χ4v) is 3.13. The van der Waals surface area contributed by atoms with Crippen molar-refractivity contribution in [2.24, 2.45) is 5.92 Å². The summed E-state index contributed by atoms with van der Waals surface area (Å²) in [6.45, 7) is 4.87. The van der Waals surface area contributed by atoms with Crippen LogP contribution in [0.2, 0.25) is 0 Å². The van der Waals surface area contributed by atoms with Crippen molar-refractivity contribution in [2.45, 2.75) is 26.2 Å². The van der Waals surface area contributed by atoms with Gasteiger partial charge in [-0.05, 0) is 42.9 Å². The molecule has 1 aliphatic heterocycles. The molecule has 1 saturated heterocycles. The number of carbonyl (C=O) groups is 1. The van der Waals surface area contributed by atoms with E-state index in [9.17, 15) is 4.79 Å². The molecule has 0 spiro atoms. The highest BCUT2D eigenvalue weighted by molar-refractivity contribution is 5.93. The zero-order valence-corrected chi connectivity index (χ0v) is 14.9. The smallest absolute Gasteiger partial charge is 0.256 e. The summed E-state index contributed by atoms with van der Waals surface area (Å²) in [7, 11) is 1.81. The summed E-state index contributed by atoms with van der Waals surface area (Å²) in [5.74, 6) is 1.34. The first-order chi connectivity index (χ1) is 12.1. The average Bonchev–Trinajstić information content (AvgIpc) is 2.66. The molecule has 1 atom stereocenters. The monoisotopic (exact) mass is 339 g/mol. The van der Waals surface area contributed by atoms with Crippen LogP contribution in [0.4, 0.5) is 5.95 Å². The van der Waals surface area contributed by atoms with Crippen molar-refractivity contribution in [3.8, 4) is 0 Å². The van der Waals surface area contributed by atoms with Gasteiger partial charge in [-0.15, -0.1) is 0 Å². The molecule has 3 rings (SSSR count). The minimum absolute atomic E-state index is 0.0485. The van der Waals surface area contributed by atoms with Crippen LogP contribution >= 0.6 is 0 Å². The maximum absolute atomic E-state index is 12.5. The van der Waals surface area contributed by atoms with Gasteiger partial charge in [0.1, 0.15) is 0 Å². The molecule has 2 aromatic heterocycles. The first-order valence-corrected chi connectivity index (χ1v) is 8.85. The Kier molecular flexibility index (Phi) is 5.58. The Balaban J connectivity index is 1.58. The van der Waals surface area contributed by atoms with Crippen LogP contribution in [0.15, 0.2) is 36.9 Å². The summed E-state index contributed by atoms with van der Waals surface area (Å²) in [4.78, 5) is 29.3. The normalized spacial score (nSPS) is 17.4. The van der Waals surface area contributed by atoms with Gasteiger partial charge in [-0.25, -0.2) is 9.97 Å². The van der Waals surface area contributed by atoms with Crippen LogP contribution < -0.4 is 4.90 Å². The van der Waals surface area contributed by atoms with Crippen LogP contribution in [0.25, 0.3) is 0 Å². The van der Waals surface area contributed by atoms with Crippen molar-refractivity contribution in [3.05, 3.63) is 48.0 Å². The summed E-state index contributed by atoms with van der Waals surface area (Å²) in [6, 6.07) is 3.94. The Morgan fingerprint density at radius 2 is 2.00 bits per heavy atom. The van der Waals surface area contributed by atoms with Gasteiger partial charge < -0.3 is 9.80 Å². The summed E-state index contributed by atoms with van der Waals surface area (Å²) in [5, 5.41) is 0. The van der Waals surface area contributed by atoms with Gasteiger partial charge in [0, 0.05) is 51.5 Å². The van der Waals surface area contributed by atoms with Crippen LogP contribution in [0.3, 0.4) is 0 Å². The lowest BCUT2D eigenvalue weighted by Crippen LogP contribution is -2.35. The molecular formula is C19H25N5O. The van der Waals surface area contributed by atoms with Gasteiger partial charge in [-0.2, -0.15) is 0 Å². The van der Waals surface area contributed by atoms with Gasteiger partial charge >= 0.3 is 0 Å². The van der Waals surface area contributed by atoms with Gasteiger partial charge in [-0.3, -0.25) is 9.78 Å². The number of anilines is 1. The minimum Gasteiger partial charge on any atom is -0.341 e. The van der Waals surface area contributed by atoms with Gasteiger partial charge in [0.2, 0.25) is 5.95 Å². The Morgan fingerprint density at radius 1 is 1.28 bits per heavy atom. The molecule has 1 aliphatic rings. The third-order valence-corrected chi connectivity index (χ3v) is 4.66. The van der Waals surface area contributed by atoms with E-state index in [1.807, 2.05) is 19.2 Å². The quantitative estimate of drug-likeness (QED) is 0.837. The van der Waals surface area contributed by atoms with E-state index in [4.69, 9.17) is 0 Å². The lowest BCUT2D eigenvalue weighted by atomic mass is 10.0. The number of carbonyl (C=O) groups excluding carboxylic acids is 1. The second-order valence-electron chi connectivity index (χ2n) is 6.80. The summed E-state index contributed by atoms with van der Waals surface area (Å²) < 4.78 is 0. The molecule has 0 radical (unpaired) electrons. The molecule has 0 saturated carbocycles. The summed E-state index contributed by atoms with van der Waals surface area (Å²) in [6.07, 6.45) is 10.1. The number of piperidine rings is 1. The van der Waals surface area contributed by atoms with Crippen molar-refractivity contribution in [1.29, 1.82) is 0 Å². The third kappa shape index (κ3) is 4.53. The van der Waals surface area contributed by atoms with Crippen LogP contribution in [0.5, 0.6) is 0 Å². The molecule has 6 heteroatoms. The fourth-order valence-electron chi connectivity index (χ4n) is 3.13. The molecule has 6 nitrogen and oxygen atoms in total. The largest absolute Gasteiger partial charge is 0.341 e. The number of nitrogens with zero attached hydrogens (tertiary/aromatic N) is 5. The molecule has 0 bridgehead atoms. The summed E-state index contributed by atoms with van der Waals surface area (Å²) >= 11 is 0. The fraction of sp³-hybridized carbons (Fsp3) is 0.474. The number of hydrogen-bond acceptors (Lipinski definition) is 5. The first-order valence-electron chi connectivity index (χ1n) is 8.85. The molecule has 25 heavy (non-hydrogen) atoms. The van der Waals surface area contributed by atoms with E-state index in [2.05, 4.69) is 26.8 Å². The topological polar surface area (TPSA) is 62.2 Å². The molecule has 0 N–H and O–H groups in total. The predicted molar refractivity (Wildman–Crippen MR) is 97.5 cm³/mol. The Bertz CT molecular complexity index is 689. The van der Waals surface area contributed by atoms with Crippen molar-refractivity contribution >= 4 is 11.9 Å². The lowest BCUT2D eigenvalue weighted by Gasteiger charge is -2.30. The number of amides is 1. The molecular weight excluding hydrogens is 314 g/mol. The van der Waals surface area contributed by atoms with E-state index >= 15 is 0 Å². The van der Waals surface area contributed by atoms with E-state index in [1.165, 1.54) is 18.4 Å². The molecule has 1 unspecified atom stereocenters. The van der Waals surface area contributed by atoms with E-state index in [0.29, 0.717) is 18.0 Å². The van der Waals surface area contributed by atoms with Gasteiger partial charge in [0.05, 0.1) is 5.56 Å². The van der Waals surface area contributed by atoms with Crippen LogP contribution in [0, 0.1) is 5.92 Å². The zero-order chi connectivity index (χ0) is 17.6. The zero-order valence-electron chi connectivity index (χ0n) is 14.9. The van der Waals surface area contributed by atoms with E-state index in [-0.39, 0.29) is 5.91 Å². The molecule has 0 aromatic carbocycles. The van der Waals surface area contributed by atoms with E-state index in [1.54, 1.807) is 29.7 Å². The SMILES string of the molecule is CC1CCCN(c2ncc(C(=O)N(C)CCc3ccncc3)cn2)C1. The molecule has 2 aromatic rings.